The van der Waals surface area contributed by atoms with Crippen molar-refractivity contribution in [2.24, 2.45) is 5.41 Å². The van der Waals surface area contributed by atoms with Crippen LogP contribution in [0.1, 0.15) is 39.7 Å². The Morgan fingerprint density at radius 2 is 2.00 bits per heavy atom. The first-order chi connectivity index (χ1) is 8.84. The van der Waals surface area contributed by atoms with E-state index in [-0.39, 0.29) is 5.41 Å². The average molecular weight is 284 g/mol. The summed E-state index contributed by atoms with van der Waals surface area (Å²) in [6.07, 6.45) is 2.11. The highest BCUT2D eigenvalue weighted by atomic mass is 35.5. The molecule has 0 bridgehead atoms. The minimum Gasteiger partial charge on any atom is -0.497 e. The summed E-state index contributed by atoms with van der Waals surface area (Å²) in [5.41, 5.74) is 1.47. The van der Waals surface area contributed by atoms with Gasteiger partial charge in [0.15, 0.2) is 0 Å². The largest absolute Gasteiger partial charge is 0.497 e. The molecule has 0 radical (unpaired) electrons. The SMILES string of the molecule is COc1ccc(CCC(C)(C)CNC(C)C)c(Cl)c1. The van der Waals surface area contributed by atoms with Crippen LogP contribution < -0.4 is 10.1 Å². The molecule has 0 aliphatic carbocycles. The van der Waals surface area contributed by atoms with Crippen molar-refractivity contribution in [1.82, 2.24) is 5.32 Å². The molecule has 108 valence electrons. The highest BCUT2D eigenvalue weighted by Gasteiger charge is 2.18. The first-order valence-electron chi connectivity index (χ1n) is 6.90. The molecule has 19 heavy (non-hydrogen) atoms. The summed E-state index contributed by atoms with van der Waals surface area (Å²) in [4.78, 5) is 0. The maximum Gasteiger partial charge on any atom is 0.120 e. The molecular formula is C16H26ClNO. The van der Waals surface area contributed by atoms with E-state index >= 15 is 0 Å². The van der Waals surface area contributed by atoms with E-state index in [1.54, 1.807) is 7.11 Å². The van der Waals surface area contributed by atoms with E-state index in [0.717, 1.165) is 30.2 Å². The standard InChI is InChI=1S/C16H26ClNO/c1-12(2)18-11-16(3,4)9-8-13-6-7-14(19-5)10-15(13)17/h6-7,10,12,18H,8-9,11H2,1-5H3. The molecule has 0 amide bonds. The highest BCUT2D eigenvalue weighted by Crippen LogP contribution is 2.27. The van der Waals surface area contributed by atoms with Gasteiger partial charge >= 0.3 is 0 Å². The molecule has 0 atom stereocenters. The number of aryl methyl sites for hydroxylation is 1. The van der Waals surface area contributed by atoms with Gasteiger partial charge < -0.3 is 10.1 Å². The van der Waals surface area contributed by atoms with Crippen LogP contribution in [0.5, 0.6) is 5.75 Å². The van der Waals surface area contributed by atoms with Gasteiger partial charge in [-0.05, 0) is 36.0 Å². The molecule has 2 nitrogen and oxygen atoms in total. The Bertz CT molecular complexity index is 402. The number of hydrogen-bond donors (Lipinski definition) is 1. The number of ether oxygens (including phenoxy) is 1. The predicted molar refractivity (Wildman–Crippen MR) is 83.2 cm³/mol. The van der Waals surface area contributed by atoms with Gasteiger partial charge in [-0.25, -0.2) is 0 Å². The fourth-order valence-corrected chi connectivity index (χ4v) is 2.16. The van der Waals surface area contributed by atoms with E-state index in [2.05, 4.69) is 39.1 Å². The molecular weight excluding hydrogens is 258 g/mol. The van der Waals surface area contributed by atoms with Crippen LogP contribution in [0.3, 0.4) is 0 Å². The number of hydrogen-bond acceptors (Lipinski definition) is 2. The molecule has 3 heteroatoms. The quantitative estimate of drug-likeness (QED) is 0.805. The summed E-state index contributed by atoms with van der Waals surface area (Å²) in [5, 5.41) is 4.30. The monoisotopic (exact) mass is 283 g/mol. The Morgan fingerprint density at radius 3 is 2.53 bits per heavy atom. The topological polar surface area (TPSA) is 21.3 Å². The number of halogens is 1. The predicted octanol–water partition coefficient (Wildman–Crippen LogP) is 4.31. The molecule has 0 saturated carbocycles. The molecule has 1 aromatic rings. The first kappa shape index (κ1) is 16.3. The third-order valence-corrected chi connectivity index (χ3v) is 3.67. The lowest BCUT2D eigenvalue weighted by Crippen LogP contribution is -2.34. The minimum atomic E-state index is 0.271. The molecule has 0 unspecified atom stereocenters. The van der Waals surface area contributed by atoms with Crippen molar-refractivity contribution in [3.63, 3.8) is 0 Å². The molecule has 0 heterocycles. The second-order valence-corrected chi connectivity index (χ2v) is 6.56. The smallest absolute Gasteiger partial charge is 0.120 e. The lowest BCUT2D eigenvalue weighted by Gasteiger charge is -2.26. The molecule has 1 aromatic carbocycles. The van der Waals surface area contributed by atoms with Crippen LogP contribution in [0.4, 0.5) is 0 Å². The lowest BCUT2D eigenvalue weighted by molar-refractivity contribution is 0.304. The van der Waals surface area contributed by atoms with E-state index in [1.165, 1.54) is 5.56 Å². The molecule has 0 saturated heterocycles. The van der Waals surface area contributed by atoms with Crippen molar-refractivity contribution in [2.75, 3.05) is 13.7 Å². The zero-order valence-electron chi connectivity index (χ0n) is 12.7. The van der Waals surface area contributed by atoms with Crippen molar-refractivity contribution in [2.45, 2.75) is 46.6 Å². The molecule has 0 fully saturated rings. The van der Waals surface area contributed by atoms with Crippen molar-refractivity contribution >= 4 is 11.6 Å². The molecule has 0 aliphatic heterocycles. The fraction of sp³-hybridized carbons (Fsp3) is 0.625. The molecule has 0 aliphatic rings. The third kappa shape index (κ3) is 5.84. The maximum atomic E-state index is 6.27. The number of methoxy groups -OCH3 is 1. The van der Waals surface area contributed by atoms with Gasteiger partial charge in [-0.3, -0.25) is 0 Å². The van der Waals surface area contributed by atoms with Crippen molar-refractivity contribution in [1.29, 1.82) is 0 Å². The van der Waals surface area contributed by atoms with Gasteiger partial charge in [-0.15, -0.1) is 0 Å². The first-order valence-corrected chi connectivity index (χ1v) is 7.27. The van der Waals surface area contributed by atoms with E-state index in [1.807, 2.05) is 12.1 Å². The zero-order chi connectivity index (χ0) is 14.5. The second kappa shape index (κ2) is 7.16. The van der Waals surface area contributed by atoms with Gasteiger partial charge in [0.2, 0.25) is 0 Å². The second-order valence-electron chi connectivity index (χ2n) is 6.16. The number of rotatable bonds is 7. The summed E-state index contributed by atoms with van der Waals surface area (Å²) >= 11 is 6.27. The van der Waals surface area contributed by atoms with E-state index in [9.17, 15) is 0 Å². The Balaban J connectivity index is 2.56. The Morgan fingerprint density at radius 1 is 1.32 bits per heavy atom. The molecule has 1 rings (SSSR count). The van der Waals surface area contributed by atoms with Crippen LogP contribution in [0.15, 0.2) is 18.2 Å². The van der Waals surface area contributed by atoms with E-state index in [4.69, 9.17) is 16.3 Å². The van der Waals surface area contributed by atoms with Crippen LogP contribution >= 0.6 is 11.6 Å². The summed E-state index contributed by atoms with van der Waals surface area (Å²) in [5.74, 6) is 0.814. The van der Waals surface area contributed by atoms with Gasteiger partial charge in [-0.2, -0.15) is 0 Å². The van der Waals surface area contributed by atoms with Crippen LogP contribution in [0, 0.1) is 5.41 Å². The lowest BCUT2D eigenvalue weighted by atomic mass is 9.86. The minimum absolute atomic E-state index is 0.271. The van der Waals surface area contributed by atoms with Gasteiger partial charge in [0.25, 0.3) is 0 Å². The van der Waals surface area contributed by atoms with E-state index < -0.39 is 0 Å². The van der Waals surface area contributed by atoms with Crippen molar-refractivity contribution < 1.29 is 4.74 Å². The maximum absolute atomic E-state index is 6.27. The normalized spacial score (nSPS) is 11.9. The average Bonchev–Trinajstić information content (AvgIpc) is 2.35. The molecule has 0 aromatic heterocycles. The summed E-state index contributed by atoms with van der Waals surface area (Å²) in [6.45, 7) is 9.96. The van der Waals surface area contributed by atoms with Crippen molar-refractivity contribution in [3.05, 3.63) is 28.8 Å². The molecule has 1 N–H and O–H groups in total. The summed E-state index contributed by atoms with van der Waals surface area (Å²) < 4.78 is 5.17. The van der Waals surface area contributed by atoms with Gasteiger partial charge in [0, 0.05) is 17.6 Å². The summed E-state index contributed by atoms with van der Waals surface area (Å²) in [7, 11) is 1.66. The Kier molecular flexibility index (Phi) is 6.15. The van der Waals surface area contributed by atoms with Crippen LogP contribution in [-0.4, -0.2) is 19.7 Å². The van der Waals surface area contributed by atoms with Crippen molar-refractivity contribution in [3.8, 4) is 5.75 Å². The molecule has 0 spiro atoms. The Labute approximate surface area is 122 Å². The highest BCUT2D eigenvalue weighted by molar-refractivity contribution is 6.31. The van der Waals surface area contributed by atoms with Gasteiger partial charge in [0.1, 0.15) is 5.75 Å². The number of benzene rings is 1. The van der Waals surface area contributed by atoms with Crippen LogP contribution in [0.2, 0.25) is 5.02 Å². The van der Waals surface area contributed by atoms with Crippen LogP contribution in [-0.2, 0) is 6.42 Å². The fourth-order valence-electron chi connectivity index (χ4n) is 1.90. The third-order valence-electron chi connectivity index (χ3n) is 3.32. The number of nitrogens with one attached hydrogen (secondary N) is 1. The van der Waals surface area contributed by atoms with Gasteiger partial charge in [0.05, 0.1) is 7.11 Å². The summed E-state index contributed by atoms with van der Waals surface area (Å²) in [6, 6.07) is 6.45. The zero-order valence-corrected chi connectivity index (χ0v) is 13.5. The Hall–Kier alpha value is -0.730. The van der Waals surface area contributed by atoms with E-state index in [0.29, 0.717) is 6.04 Å². The van der Waals surface area contributed by atoms with Gasteiger partial charge in [-0.1, -0.05) is 45.4 Å². The van der Waals surface area contributed by atoms with Crippen LogP contribution in [0.25, 0.3) is 0 Å².